The predicted octanol–water partition coefficient (Wildman–Crippen LogP) is 11.1. The van der Waals surface area contributed by atoms with Gasteiger partial charge in [0.15, 0.2) is 5.82 Å². The van der Waals surface area contributed by atoms with Crippen molar-refractivity contribution in [3.05, 3.63) is 170 Å². The lowest BCUT2D eigenvalue weighted by Gasteiger charge is -2.13. The molecule has 0 aliphatic heterocycles. The maximum atomic E-state index is 5.22. The Bertz CT molecular complexity index is 2520. The van der Waals surface area contributed by atoms with Gasteiger partial charge in [-0.1, -0.05) is 140 Å². The second-order valence-electron chi connectivity index (χ2n) is 11.9. The molecule has 48 heavy (non-hydrogen) atoms. The Balaban J connectivity index is 1.16. The zero-order chi connectivity index (χ0) is 31.9. The van der Waals surface area contributed by atoms with E-state index in [0.717, 1.165) is 83.0 Å². The largest absolute Gasteiger partial charge is 0.256 e. The van der Waals surface area contributed by atoms with Gasteiger partial charge in [0.1, 0.15) is 0 Å². The van der Waals surface area contributed by atoms with Crippen LogP contribution < -0.4 is 0 Å². The molecule has 224 valence electrons. The molecule has 0 unspecified atom stereocenters. The predicted molar refractivity (Wildman–Crippen MR) is 197 cm³/mol. The van der Waals surface area contributed by atoms with Gasteiger partial charge in [-0.3, -0.25) is 4.98 Å². The molecule has 0 aliphatic carbocycles. The molecule has 4 heteroatoms. The van der Waals surface area contributed by atoms with Gasteiger partial charge in [0.2, 0.25) is 0 Å². The van der Waals surface area contributed by atoms with Gasteiger partial charge in [0, 0.05) is 44.6 Å². The molecule has 0 aliphatic rings. The van der Waals surface area contributed by atoms with E-state index in [9.17, 15) is 0 Å². The first-order valence-electron chi connectivity index (χ1n) is 16.1. The summed E-state index contributed by atoms with van der Waals surface area (Å²) in [6, 6.07) is 56.6. The van der Waals surface area contributed by atoms with Crippen molar-refractivity contribution in [3.8, 4) is 56.3 Å². The summed E-state index contributed by atoms with van der Waals surface area (Å²) < 4.78 is 0. The van der Waals surface area contributed by atoms with Gasteiger partial charge in [-0.05, 0) is 40.8 Å². The lowest BCUT2D eigenvalue weighted by atomic mass is 9.95. The van der Waals surface area contributed by atoms with Crippen molar-refractivity contribution in [2.75, 3.05) is 0 Å². The number of rotatable bonds is 5. The van der Waals surface area contributed by atoms with Crippen molar-refractivity contribution < 1.29 is 0 Å². The molecule has 6 aromatic carbocycles. The van der Waals surface area contributed by atoms with Crippen LogP contribution in [0.4, 0.5) is 0 Å². The SMILES string of the molecule is c1ccc(-c2cc(-c3ccc(-c4ccc5nc(-c6ccccc6)c6c(ccc7cccnc76)c5c4)cc3)nc(-c3ccccc3)n2)cc1. The molecule has 3 aromatic heterocycles. The highest BCUT2D eigenvalue weighted by Crippen LogP contribution is 2.38. The quantitative estimate of drug-likeness (QED) is 0.181. The minimum atomic E-state index is 0.710. The fourth-order valence-electron chi connectivity index (χ4n) is 6.52. The molecule has 0 saturated heterocycles. The molecule has 0 radical (unpaired) electrons. The summed E-state index contributed by atoms with van der Waals surface area (Å²) in [4.78, 5) is 20.0. The van der Waals surface area contributed by atoms with Gasteiger partial charge in [-0.15, -0.1) is 0 Å². The van der Waals surface area contributed by atoms with Gasteiger partial charge >= 0.3 is 0 Å². The maximum Gasteiger partial charge on any atom is 0.160 e. The van der Waals surface area contributed by atoms with Gasteiger partial charge in [-0.2, -0.15) is 0 Å². The van der Waals surface area contributed by atoms with E-state index >= 15 is 0 Å². The van der Waals surface area contributed by atoms with Crippen LogP contribution in [0.1, 0.15) is 0 Å². The summed E-state index contributed by atoms with van der Waals surface area (Å²) in [5.41, 5.74) is 11.1. The van der Waals surface area contributed by atoms with E-state index in [2.05, 4.69) is 115 Å². The number of benzene rings is 6. The van der Waals surface area contributed by atoms with E-state index in [1.165, 1.54) is 0 Å². The monoisotopic (exact) mass is 612 g/mol. The lowest BCUT2D eigenvalue weighted by Crippen LogP contribution is -1.95. The topological polar surface area (TPSA) is 51.6 Å². The van der Waals surface area contributed by atoms with Crippen molar-refractivity contribution >= 4 is 32.6 Å². The minimum Gasteiger partial charge on any atom is -0.256 e. The zero-order valence-corrected chi connectivity index (χ0v) is 26.0. The Morgan fingerprint density at radius 2 is 0.979 bits per heavy atom. The number of fused-ring (bicyclic) bond motifs is 5. The van der Waals surface area contributed by atoms with Gasteiger partial charge in [-0.25, -0.2) is 15.0 Å². The van der Waals surface area contributed by atoms with Crippen LogP contribution in [0.5, 0.6) is 0 Å². The molecule has 0 amide bonds. The molecule has 0 N–H and O–H groups in total. The van der Waals surface area contributed by atoms with E-state index in [1.807, 2.05) is 54.7 Å². The standard InChI is InChI=1S/C44H28N4/c1-4-11-30(12-5-1)39-28-40(48-44(47-39)34-15-8-3-9-16-34)31-20-18-29(19-21-31)35-23-25-38-37(27-35)36-24-22-33-17-10-26-45-42(33)41(36)43(46-38)32-13-6-2-7-14-32/h1-28H. The van der Waals surface area contributed by atoms with Crippen molar-refractivity contribution in [1.29, 1.82) is 0 Å². The van der Waals surface area contributed by atoms with Crippen LogP contribution in [0, 0.1) is 0 Å². The third kappa shape index (κ3) is 4.97. The molecule has 9 aromatic rings. The Kier molecular flexibility index (Phi) is 6.76. The molecular formula is C44H28N4. The van der Waals surface area contributed by atoms with Crippen LogP contribution >= 0.6 is 0 Å². The Morgan fingerprint density at radius 3 is 1.69 bits per heavy atom. The first kappa shape index (κ1) is 27.8. The molecule has 9 rings (SSSR count). The number of hydrogen-bond donors (Lipinski definition) is 0. The van der Waals surface area contributed by atoms with Crippen molar-refractivity contribution in [3.63, 3.8) is 0 Å². The van der Waals surface area contributed by atoms with E-state index in [4.69, 9.17) is 19.9 Å². The fraction of sp³-hybridized carbons (Fsp3) is 0. The summed E-state index contributed by atoms with van der Waals surface area (Å²) in [5.74, 6) is 0.710. The number of hydrogen-bond acceptors (Lipinski definition) is 4. The average molecular weight is 613 g/mol. The molecule has 0 spiro atoms. The highest BCUT2D eigenvalue weighted by molar-refractivity contribution is 6.20. The molecule has 0 saturated carbocycles. The highest BCUT2D eigenvalue weighted by atomic mass is 14.9. The third-order valence-electron chi connectivity index (χ3n) is 8.92. The normalized spacial score (nSPS) is 11.3. The summed E-state index contributed by atoms with van der Waals surface area (Å²) in [5, 5.41) is 4.43. The van der Waals surface area contributed by atoms with Crippen molar-refractivity contribution in [1.82, 2.24) is 19.9 Å². The Morgan fingerprint density at radius 1 is 0.375 bits per heavy atom. The second-order valence-corrected chi connectivity index (χ2v) is 11.9. The molecule has 4 nitrogen and oxygen atoms in total. The van der Waals surface area contributed by atoms with Gasteiger partial charge in [0.25, 0.3) is 0 Å². The third-order valence-corrected chi connectivity index (χ3v) is 8.92. The van der Waals surface area contributed by atoms with Crippen LogP contribution in [0.15, 0.2) is 170 Å². The van der Waals surface area contributed by atoms with E-state index in [-0.39, 0.29) is 0 Å². The first-order chi connectivity index (χ1) is 23.8. The molecule has 0 fully saturated rings. The molecule has 0 bridgehead atoms. The van der Waals surface area contributed by atoms with Crippen LogP contribution in [0.25, 0.3) is 88.9 Å². The van der Waals surface area contributed by atoms with Crippen LogP contribution in [-0.2, 0) is 0 Å². The summed E-state index contributed by atoms with van der Waals surface area (Å²) in [6.07, 6.45) is 1.86. The van der Waals surface area contributed by atoms with Crippen molar-refractivity contribution in [2.45, 2.75) is 0 Å². The first-order valence-corrected chi connectivity index (χ1v) is 16.1. The highest BCUT2D eigenvalue weighted by Gasteiger charge is 2.16. The number of aromatic nitrogens is 4. The van der Waals surface area contributed by atoms with Gasteiger partial charge in [0.05, 0.1) is 28.1 Å². The van der Waals surface area contributed by atoms with E-state index in [0.29, 0.717) is 5.82 Å². The Labute approximate surface area is 278 Å². The lowest BCUT2D eigenvalue weighted by molar-refractivity contribution is 1.18. The van der Waals surface area contributed by atoms with Crippen LogP contribution in [-0.4, -0.2) is 19.9 Å². The minimum absolute atomic E-state index is 0.710. The Hall–Kier alpha value is -6.52. The smallest absolute Gasteiger partial charge is 0.160 e. The van der Waals surface area contributed by atoms with Gasteiger partial charge < -0.3 is 0 Å². The fourth-order valence-corrected chi connectivity index (χ4v) is 6.52. The number of pyridine rings is 2. The maximum absolute atomic E-state index is 5.22. The second kappa shape index (κ2) is 11.7. The molecule has 3 heterocycles. The van der Waals surface area contributed by atoms with Crippen LogP contribution in [0.3, 0.4) is 0 Å². The van der Waals surface area contributed by atoms with E-state index in [1.54, 1.807) is 0 Å². The van der Waals surface area contributed by atoms with E-state index < -0.39 is 0 Å². The summed E-state index contributed by atoms with van der Waals surface area (Å²) in [7, 11) is 0. The average Bonchev–Trinajstić information content (AvgIpc) is 3.18. The zero-order valence-electron chi connectivity index (χ0n) is 26.0. The van der Waals surface area contributed by atoms with Crippen molar-refractivity contribution in [2.24, 2.45) is 0 Å². The molecular weight excluding hydrogens is 585 g/mol. The number of nitrogens with zero attached hydrogens (tertiary/aromatic N) is 4. The summed E-state index contributed by atoms with van der Waals surface area (Å²) in [6.45, 7) is 0. The van der Waals surface area contributed by atoms with Crippen LogP contribution in [0.2, 0.25) is 0 Å². The summed E-state index contributed by atoms with van der Waals surface area (Å²) >= 11 is 0. The molecule has 0 atom stereocenters.